The van der Waals surface area contributed by atoms with Gasteiger partial charge in [-0.25, -0.2) is 12.8 Å². The monoisotopic (exact) mass is 294 g/mol. The van der Waals surface area contributed by atoms with Crippen molar-refractivity contribution in [2.75, 3.05) is 10.5 Å². The van der Waals surface area contributed by atoms with E-state index in [2.05, 4.69) is 4.72 Å². The molecule has 3 N–H and O–H groups in total. The zero-order chi connectivity index (χ0) is 14.9. The quantitative estimate of drug-likeness (QED) is 0.855. The molecular weight excluding hydrogens is 279 g/mol. The first-order valence-corrected chi connectivity index (χ1v) is 7.42. The second kappa shape index (κ2) is 5.13. The molecule has 4 nitrogen and oxygen atoms in total. The van der Waals surface area contributed by atoms with Crippen molar-refractivity contribution >= 4 is 21.4 Å². The number of hydrogen-bond donors (Lipinski definition) is 2. The molecule has 6 heteroatoms. The maximum Gasteiger partial charge on any atom is 0.261 e. The normalized spacial score (nSPS) is 11.3. The third-order valence-electron chi connectivity index (χ3n) is 2.77. The fourth-order valence-corrected chi connectivity index (χ4v) is 3.17. The van der Waals surface area contributed by atoms with E-state index in [4.69, 9.17) is 5.73 Å². The second-order valence-corrected chi connectivity index (χ2v) is 6.34. The van der Waals surface area contributed by atoms with Gasteiger partial charge in [-0.2, -0.15) is 0 Å². The van der Waals surface area contributed by atoms with Gasteiger partial charge in [-0.1, -0.05) is 6.07 Å². The third-order valence-corrected chi connectivity index (χ3v) is 4.11. The largest absolute Gasteiger partial charge is 0.397 e. The van der Waals surface area contributed by atoms with Crippen LogP contribution in [-0.2, 0) is 10.0 Å². The van der Waals surface area contributed by atoms with Gasteiger partial charge in [-0.05, 0) is 49.2 Å². The molecule has 20 heavy (non-hydrogen) atoms. The van der Waals surface area contributed by atoms with Gasteiger partial charge in [0.2, 0.25) is 0 Å². The Hall–Kier alpha value is -2.08. The van der Waals surface area contributed by atoms with Crippen LogP contribution in [0, 0.1) is 19.7 Å². The Morgan fingerprint density at radius 1 is 1.05 bits per heavy atom. The molecular formula is C14H15FN2O2S. The number of benzene rings is 2. The number of nitrogens with two attached hydrogens (primary N) is 1. The molecule has 2 aromatic carbocycles. The zero-order valence-corrected chi connectivity index (χ0v) is 12.0. The maximum absolute atomic E-state index is 13.2. The SMILES string of the molecule is Cc1cc(C)cc(S(=O)(=O)Nc2cc(F)ccc2N)c1. The summed E-state index contributed by atoms with van der Waals surface area (Å²) in [5, 5.41) is 0. The van der Waals surface area contributed by atoms with Gasteiger partial charge in [-0.3, -0.25) is 4.72 Å². The molecule has 0 radical (unpaired) electrons. The average Bonchev–Trinajstić information content (AvgIpc) is 2.32. The van der Waals surface area contributed by atoms with E-state index >= 15 is 0 Å². The minimum absolute atomic E-state index is 0.0316. The van der Waals surface area contributed by atoms with Crippen LogP contribution in [0.1, 0.15) is 11.1 Å². The highest BCUT2D eigenvalue weighted by atomic mass is 32.2. The highest BCUT2D eigenvalue weighted by molar-refractivity contribution is 7.92. The van der Waals surface area contributed by atoms with Gasteiger partial charge in [0.1, 0.15) is 5.82 Å². The highest BCUT2D eigenvalue weighted by Crippen LogP contribution is 2.24. The number of anilines is 2. The minimum Gasteiger partial charge on any atom is -0.397 e. The maximum atomic E-state index is 13.2. The van der Waals surface area contributed by atoms with Gasteiger partial charge in [-0.15, -0.1) is 0 Å². The number of aryl methyl sites for hydroxylation is 2. The fraction of sp³-hybridized carbons (Fsp3) is 0.143. The van der Waals surface area contributed by atoms with Crippen LogP contribution >= 0.6 is 0 Å². The lowest BCUT2D eigenvalue weighted by Gasteiger charge is -2.11. The Morgan fingerprint density at radius 2 is 1.65 bits per heavy atom. The molecule has 0 fully saturated rings. The lowest BCUT2D eigenvalue weighted by molar-refractivity contribution is 0.601. The Labute approximate surface area is 117 Å². The number of nitrogens with one attached hydrogen (secondary N) is 1. The van der Waals surface area contributed by atoms with Crippen molar-refractivity contribution in [1.29, 1.82) is 0 Å². The topological polar surface area (TPSA) is 72.2 Å². The van der Waals surface area contributed by atoms with Crippen molar-refractivity contribution in [2.24, 2.45) is 0 Å². The Balaban J connectivity index is 2.43. The molecule has 0 saturated carbocycles. The van der Waals surface area contributed by atoms with Crippen LogP contribution in [0.2, 0.25) is 0 Å². The lowest BCUT2D eigenvalue weighted by atomic mass is 10.2. The van der Waals surface area contributed by atoms with Crippen LogP contribution < -0.4 is 10.5 Å². The molecule has 0 aliphatic heterocycles. The van der Waals surface area contributed by atoms with Crippen LogP contribution in [0.4, 0.5) is 15.8 Å². The summed E-state index contributed by atoms with van der Waals surface area (Å²) < 4.78 is 40.0. The summed E-state index contributed by atoms with van der Waals surface area (Å²) in [5.41, 5.74) is 7.50. The molecule has 106 valence electrons. The van der Waals surface area contributed by atoms with Crippen LogP contribution in [-0.4, -0.2) is 8.42 Å². The van der Waals surface area contributed by atoms with Gasteiger partial charge in [0.25, 0.3) is 10.0 Å². The molecule has 0 amide bonds. The number of halogens is 1. The van der Waals surface area contributed by atoms with E-state index in [0.717, 1.165) is 17.2 Å². The highest BCUT2D eigenvalue weighted by Gasteiger charge is 2.16. The lowest BCUT2D eigenvalue weighted by Crippen LogP contribution is -2.14. The summed E-state index contributed by atoms with van der Waals surface area (Å²) >= 11 is 0. The van der Waals surface area contributed by atoms with E-state index in [1.54, 1.807) is 12.1 Å². The molecule has 0 bridgehead atoms. The Morgan fingerprint density at radius 3 is 2.25 bits per heavy atom. The van der Waals surface area contributed by atoms with E-state index in [0.29, 0.717) is 0 Å². The van der Waals surface area contributed by atoms with Crippen molar-refractivity contribution in [3.63, 3.8) is 0 Å². The molecule has 0 aromatic heterocycles. The molecule has 0 aliphatic rings. The summed E-state index contributed by atoms with van der Waals surface area (Å²) in [5.74, 6) is -0.558. The van der Waals surface area contributed by atoms with Crippen molar-refractivity contribution in [1.82, 2.24) is 0 Å². The van der Waals surface area contributed by atoms with Crippen LogP contribution in [0.15, 0.2) is 41.3 Å². The fourth-order valence-electron chi connectivity index (χ4n) is 1.91. The second-order valence-electron chi connectivity index (χ2n) is 4.66. The molecule has 2 aromatic rings. The number of hydrogen-bond acceptors (Lipinski definition) is 3. The smallest absolute Gasteiger partial charge is 0.261 e. The van der Waals surface area contributed by atoms with Gasteiger partial charge < -0.3 is 5.73 Å². The summed E-state index contributed by atoms with van der Waals surface area (Å²) in [6.45, 7) is 3.62. The van der Waals surface area contributed by atoms with Crippen molar-refractivity contribution < 1.29 is 12.8 Å². The predicted octanol–water partition coefficient (Wildman–Crippen LogP) is 2.83. The van der Waals surface area contributed by atoms with E-state index in [1.807, 2.05) is 19.9 Å². The van der Waals surface area contributed by atoms with Crippen molar-refractivity contribution in [2.45, 2.75) is 18.7 Å². The third kappa shape index (κ3) is 3.08. The first kappa shape index (κ1) is 14.3. The van der Waals surface area contributed by atoms with E-state index < -0.39 is 15.8 Å². The number of rotatable bonds is 3. The molecule has 0 atom stereocenters. The van der Waals surface area contributed by atoms with E-state index in [1.165, 1.54) is 12.1 Å². The predicted molar refractivity (Wildman–Crippen MR) is 77.5 cm³/mol. The average molecular weight is 294 g/mol. The standard InChI is InChI=1S/C14H15FN2O2S/c1-9-5-10(2)7-12(6-9)20(18,19)17-14-8-11(15)3-4-13(14)16/h3-8,17H,16H2,1-2H3. The molecule has 0 aliphatic carbocycles. The number of nitrogen functional groups attached to an aromatic ring is 1. The first-order chi connectivity index (χ1) is 9.28. The Bertz CT molecular complexity index is 738. The van der Waals surface area contributed by atoms with Gasteiger partial charge >= 0.3 is 0 Å². The molecule has 2 rings (SSSR count). The van der Waals surface area contributed by atoms with E-state index in [-0.39, 0.29) is 16.3 Å². The van der Waals surface area contributed by atoms with E-state index in [9.17, 15) is 12.8 Å². The number of sulfonamides is 1. The first-order valence-electron chi connectivity index (χ1n) is 5.94. The summed E-state index contributed by atoms with van der Waals surface area (Å²) in [7, 11) is -3.79. The molecule has 0 spiro atoms. The van der Waals surface area contributed by atoms with Crippen LogP contribution in [0.3, 0.4) is 0 Å². The zero-order valence-electron chi connectivity index (χ0n) is 11.1. The molecule has 0 unspecified atom stereocenters. The van der Waals surface area contributed by atoms with Crippen LogP contribution in [0.5, 0.6) is 0 Å². The van der Waals surface area contributed by atoms with Gasteiger partial charge in [0.05, 0.1) is 16.3 Å². The van der Waals surface area contributed by atoms with Gasteiger partial charge in [0.15, 0.2) is 0 Å². The summed E-state index contributed by atoms with van der Waals surface area (Å²) in [6.07, 6.45) is 0. The summed E-state index contributed by atoms with van der Waals surface area (Å²) in [6, 6.07) is 8.50. The Kier molecular flexibility index (Phi) is 3.67. The minimum atomic E-state index is -3.79. The summed E-state index contributed by atoms with van der Waals surface area (Å²) in [4.78, 5) is 0.124. The van der Waals surface area contributed by atoms with Crippen molar-refractivity contribution in [3.8, 4) is 0 Å². The molecule has 0 heterocycles. The van der Waals surface area contributed by atoms with Crippen LogP contribution in [0.25, 0.3) is 0 Å². The van der Waals surface area contributed by atoms with Crippen molar-refractivity contribution in [3.05, 3.63) is 53.3 Å². The molecule has 0 saturated heterocycles. The van der Waals surface area contributed by atoms with Gasteiger partial charge in [0, 0.05) is 6.07 Å².